The Bertz CT molecular complexity index is 384. The lowest BCUT2D eigenvalue weighted by molar-refractivity contribution is 0.446. The first-order valence-corrected chi connectivity index (χ1v) is 6.88. The molecule has 4 heteroatoms. The summed E-state index contributed by atoms with van der Waals surface area (Å²) < 4.78 is 28.1. The van der Waals surface area contributed by atoms with Crippen LogP contribution < -0.4 is 5.32 Å². The molecule has 0 aliphatic rings. The van der Waals surface area contributed by atoms with Gasteiger partial charge in [0.15, 0.2) is 0 Å². The smallest absolute Gasteiger partial charge is 0.132 e. The van der Waals surface area contributed by atoms with Crippen molar-refractivity contribution in [3.63, 3.8) is 0 Å². The lowest BCUT2D eigenvalue weighted by atomic mass is 9.99. The predicted octanol–water partition coefficient (Wildman–Crippen LogP) is 4.73. The van der Waals surface area contributed by atoms with Crippen LogP contribution >= 0.6 is 15.9 Å². The fraction of sp³-hybridized carbons (Fsp3) is 0.429. The van der Waals surface area contributed by atoms with Gasteiger partial charge in [0.1, 0.15) is 11.6 Å². The van der Waals surface area contributed by atoms with Crippen molar-refractivity contribution in [1.29, 1.82) is 0 Å². The molecular formula is C14H18BrF2N. The molecule has 0 heterocycles. The molecule has 0 saturated heterocycles. The molecule has 0 radical (unpaired) electrons. The van der Waals surface area contributed by atoms with Gasteiger partial charge in [-0.2, -0.15) is 0 Å². The van der Waals surface area contributed by atoms with Crippen LogP contribution in [-0.4, -0.2) is 6.54 Å². The zero-order chi connectivity index (χ0) is 13.5. The van der Waals surface area contributed by atoms with Gasteiger partial charge in [0.25, 0.3) is 0 Å². The summed E-state index contributed by atoms with van der Waals surface area (Å²) in [4.78, 5) is 0. The number of halogens is 3. The van der Waals surface area contributed by atoms with Crippen molar-refractivity contribution in [1.82, 2.24) is 5.32 Å². The second-order valence-electron chi connectivity index (χ2n) is 4.11. The first-order chi connectivity index (χ1) is 8.60. The molecule has 1 unspecified atom stereocenters. The van der Waals surface area contributed by atoms with Crippen molar-refractivity contribution in [3.8, 4) is 0 Å². The van der Waals surface area contributed by atoms with Crippen LogP contribution in [-0.2, 0) is 0 Å². The second-order valence-corrected chi connectivity index (χ2v) is 5.03. The third kappa shape index (κ3) is 4.18. The Hall–Kier alpha value is -0.740. The van der Waals surface area contributed by atoms with Crippen molar-refractivity contribution in [2.45, 2.75) is 32.2 Å². The Morgan fingerprint density at radius 1 is 1.39 bits per heavy atom. The van der Waals surface area contributed by atoms with Crippen molar-refractivity contribution < 1.29 is 8.78 Å². The van der Waals surface area contributed by atoms with Crippen LogP contribution in [0.2, 0.25) is 0 Å². The summed E-state index contributed by atoms with van der Waals surface area (Å²) in [6, 6.07) is 2.31. The normalized spacial score (nSPS) is 12.4. The maximum Gasteiger partial charge on any atom is 0.132 e. The van der Waals surface area contributed by atoms with Crippen LogP contribution in [0.4, 0.5) is 8.78 Å². The van der Waals surface area contributed by atoms with E-state index in [1.807, 2.05) is 13.0 Å². The Kier molecular flexibility index (Phi) is 6.50. The molecule has 18 heavy (non-hydrogen) atoms. The maximum atomic E-state index is 13.9. The van der Waals surface area contributed by atoms with Crippen LogP contribution in [0, 0.1) is 11.6 Å². The van der Waals surface area contributed by atoms with Crippen molar-refractivity contribution >= 4 is 15.9 Å². The van der Waals surface area contributed by atoms with E-state index in [2.05, 4.69) is 27.8 Å². The quantitative estimate of drug-likeness (QED) is 0.566. The number of nitrogens with one attached hydrogen (secondary N) is 1. The highest BCUT2D eigenvalue weighted by Crippen LogP contribution is 2.28. The summed E-state index contributed by atoms with van der Waals surface area (Å²) in [6.07, 6.45) is 4.21. The van der Waals surface area contributed by atoms with Crippen LogP contribution in [0.3, 0.4) is 0 Å². The molecule has 1 nitrogen and oxygen atoms in total. The standard InChI is InChI=1S/C14H18BrF2N/c1-3-5-6-7-13(18-4-2)14-11(16)8-10(15)9-12(14)17/h3,8-9,13,18H,1,4-7H2,2H3. The summed E-state index contributed by atoms with van der Waals surface area (Å²) in [7, 11) is 0. The predicted molar refractivity (Wildman–Crippen MR) is 74.5 cm³/mol. The Labute approximate surface area is 115 Å². The molecule has 1 rings (SSSR count). The number of benzene rings is 1. The zero-order valence-electron chi connectivity index (χ0n) is 10.5. The first kappa shape index (κ1) is 15.3. The van der Waals surface area contributed by atoms with Gasteiger partial charge in [0.2, 0.25) is 0 Å². The lowest BCUT2D eigenvalue weighted by Gasteiger charge is -2.19. The average Bonchev–Trinajstić information content (AvgIpc) is 2.28. The summed E-state index contributed by atoms with van der Waals surface area (Å²) in [5, 5.41) is 3.13. The summed E-state index contributed by atoms with van der Waals surface area (Å²) in [5.74, 6) is -1.02. The molecule has 1 aromatic carbocycles. The molecule has 0 aromatic heterocycles. The molecule has 0 spiro atoms. The van der Waals surface area contributed by atoms with E-state index in [9.17, 15) is 8.78 Å². The van der Waals surface area contributed by atoms with Gasteiger partial charge in [-0.15, -0.1) is 6.58 Å². The van der Waals surface area contributed by atoms with E-state index in [4.69, 9.17) is 0 Å². The van der Waals surface area contributed by atoms with Gasteiger partial charge in [-0.05, 0) is 37.9 Å². The number of allylic oxidation sites excluding steroid dienone is 1. The third-order valence-electron chi connectivity index (χ3n) is 2.74. The number of hydrogen-bond donors (Lipinski definition) is 1. The fourth-order valence-electron chi connectivity index (χ4n) is 1.95. The molecule has 0 aliphatic carbocycles. The fourth-order valence-corrected chi connectivity index (χ4v) is 2.35. The molecule has 1 aromatic rings. The highest BCUT2D eigenvalue weighted by Gasteiger charge is 2.19. The van der Waals surface area contributed by atoms with E-state index in [1.54, 1.807) is 0 Å². The molecule has 0 saturated carbocycles. The van der Waals surface area contributed by atoms with Crippen LogP contribution in [0.1, 0.15) is 37.8 Å². The van der Waals surface area contributed by atoms with Crippen LogP contribution in [0.15, 0.2) is 29.3 Å². The molecule has 100 valence electrons. The number of rotatable bonds is 7. The Balaban J connectivity index is 2.93. The van der Waals surface area contributed by atoms with Crippen molar-refractivity contribution in [2.24, 2.45) is 0 Å². The minimum Gasteiger partial charge on any atom is -0.310 e. The Morgan fingerprint density at radius 2 is 2.00 bits per heavy atom. The second kappa shape index (κ2) is 7.64. The number of unbranched alkanes of at least 4 members (excludes halogenated alkanes) is 1. The summed E-state index contributed by atoms with van der Waals surface area (Å²) >= 11 is 3.09. The monoisotopic (exact) mass is 317 g/mol. The van der Waals surface area contributed by atoms with E-state index in [1.165, 1.54) is 12.1 Å². The van der Waals surface area contributed by atoms with E-state index < -0.39 is 11.6 Å². The van der Waals surface area contributed by atoms with Gasteiger partial charge in [0.05, 0.1) is 0 Å². The summed E-state index contributed by atoms with van der Waals surface area (Å²) in [6.45, 7) is 6.25. The van der Waals surface area contributed by atoms with Gasteiger partial charge < -0.3 is 5.32 Å². The minimum atomic E-state index is -0.508. The molecule has 0 aliphatic heterocycles. The average molecular weight is 318 g/mol. The van der Waals surface area contributed by atoms with E-state index in [-0.39, 0.29) is 11.6 Å². The highest BCUT2D eigenvalue weighted by molar-refractivity contribution is 9.10. The number of hydrogen-bond acceptors (Lipinski definition) is 1. The van der Waals surface area contributed by atoms with E-state index in [0.717, 1.165) is 12.8 Å². The highest BCUT2D eigenvalue weighted by atomic mass is 79.9. The van der Waals surface area contributed by atoms with Crippen LogP contribution in [0.25, 0.3) is 0 Å². The van der Waals surface area contributed by atoms with Gasteiger partial charge in [-0.25, -0.2) is 8.78 Å². The largest absolute Gasteiger partial charge is 0.310 e. The van der Waals surface area contributed by atoms with Gasteiger partial charge in [-0.1, -0.05) is 28.9 Å². The Morgan fingerprint density at radius 3 is 2.50 bits per heavy atom. The van der Waals surface area contributed by atoms with Crippen molar-refractivity contribution in [2.75, 3.05) is 6.54 Å². The molecule has 1 atom stereocenters. The molecule has 0 fully saturated rings. The zero-order valence-corrected chi connectivity index (χ0v) is 12.1. The molecule has 1 N–H and O–H groups in total. The summed E-state index contributed by atoms with van der Waals surface area (Å²) in [5.41, 5.74) is 0.129. The molecular weight excluding hydrogens is 300 g/mol. The van der Waals surface area contributed by atoms with Crippen molar-refractivity contribution in [3.05, 3.63) is 46.5 Å². The lowest BCUT2D eigenvalue weighted by Crippen LogP contribution is -2.23. The third-order valence-corrected chi connectivity index (χ3v) is 3.20. The van der Waals surface area contributed by atoms with Crippen LogP contribution in [0.5, 0.6) is 0 Å². The topological polar surface area (TPSA) is 12.0 Å². The van der Waals surface area contributed by atoms with Gasteiger partial charge >= 0.3 is 0 Å². The van der Waals surface area contributed by atoms with Gasteiger partial charge in [-0.3, -0.25) is 0 Å². The van der Waals surface area contributed by atoms with Gasteiger partial charge in [0, 0.05) is 16.1 Å². The van der Waals surface area contributed by atoms with E-state index in [0.29, 0.717) is 17.4 Å². The first-order valence-electron chi connectivity index (χ1n) is 6.08. The minimum absolute atomic E-state index is 0.129. The SMILES string of the molecule is C=CCCCC(NCC)c1c(F)cc(Br)cc1F. The van der Waals surface area contributed by atoms with E-state index >= 15 is 0 Å². The molecule has 0 bridgehead atoms. The maximum absolute atomic E-state index is 13.9. The molecule has 0 amide bonds.